The van der Waals surface area contributed by atoms with Gasteiger partial charge < -0.3 is 25.0 Å². The van der Waals surface area contributed by atoms with Crippen molar-refractivity contribution in [2.75, 3.05) is 24.3 Å². The van der Waals surface area contributed by atoms with Crippen LogP contribution in [0.15, 0.2) is 30.6 Å². The van der Waals surface area contributed by atoms with E-state index < -0.39 is 17.9 Å². The molecule has 2 aromatic rings. The maximum absolute atomic E-state index is 12.4. The molecule has 0 spiro atoms. The number of benzene rings is 1. The van der Waals surface area contributed by atoms with Crippen LogP contribution in [0.2, 0.25) is 0 Å². The number of nitrogens with one attached hydrogen (secondary N) is 1. The Morgan fingerprint density at radius 1 is 1.22 bits per heavy atom. The van der Waals surface area contributed by atoms with E-state index in [9.17, 15) is 19.8 Å². The number of fused-ring (bicyclic) bond motifs is 1. The van der Waals surface area contributed by atoms with Crippen LogP contribution in [0.3, 0.4) is 0 Å². The molecule has 27 heavy (non-hydrogen) atoms. The molecule has 2 amide bonds. The number of aliphatic hydroxyl groups is 2. The SMILES string of the molecule is CN1C(=O)c2c(ncn2CC(=O)Nc2ccc(C(C)(C)O)cc2)N(C)C1O. The molecule has 144 valence electrons. The summed E-state index contributed by atoms with van der Waals surface area (Å²) in [6.07, 6.45) is 0.304. The van der Waals surface area contributed by atoms with Crippen molar-refractivity contribution in [1.29, 1.82) is 0 Å². The Hall–Kier alpha value is -2.91. The summed E-state index contributed by atoms with van der Waals surface area (Å²) in [7, 11) is 3.10. The quantitative estimate of drug-likeness (QED) is 0.722. The van der Waals surface area contributed by atoms with Crippen LogP contribution in [0.25, 0.3) is 0 Å². The molecule has 9 heteroatoms. The highest BCUT2D eigenvalue weighted by atomic mass is 16.3. The van der Waals surface area contributed by atoms with Gasteiger partial charge in [-0.2, -0.15) is 0 Å². The van der Waals surface area contributed by atoms with Crippen LogP contribution in [-0.2, 0) is 16.9 Å². The average Bonchev–Trinajstić information content (AvgIpc) is 3.01. The minimum absolute atomic E-state index is 0.0981. The zero-order valence-corrected chi connectivity index (χ0v) is 15.7. The summed E-state index contributed by atoms with van der Waals surface area (Å²) in [5.74, 6) is -0.404. The van der Waals surface area contributed by atoms with E-state index >= 15 is 0 Å². The van der Waals surface area contributed by atoms with Crippen molar-refractivity contribution in [3.63, 3.8) is 0 Å². The van der Waals surface area contributed by atoms with Gasteiger partial charge in [-0.05, 0) is 31.5 Å². The summed E-state index contributed by atoms with van der Waals surface area (Å²) < 4.78 is 1.46. The number of carbonyl (C=O) groups is 2. The number of imidazole rings is 1. The number of nitrogens with zero attached hydrogens (tertiary/aromatic N) is 4. The number of aromatic nitrogens is 2. The molecule has 0 aliphatic carbocycles. The third kappa shape index (κ3) is 3.51. The van der Waals surface area contributed by atoms with Gasteiger partial charge in [-0.15, -0.1) is 0 Å². The van der Waals surface area contributed by atoms with E-state index in [0.717, 1.165) is 5.56 Å². The summed E-state index contributed by atoms with van der Waals surface area (Å²) in [5.41, 5.74) is 0.608. The topological polar surface area (TPSA) is 111 Å². The molecule has 3 N–H and O–H groups in total. The lowest BCUT2D eigenvalue weighted by molar-refractivity contribution is -0.116. The highest BCUT2D eigenvalue weighted by Crippen LogP contribution is 2.27. The van der Waals surface area contributed by atoms with Crippen molar-refractivity contribution in [2.24, 2.45) is 0 Å². The Morgan fingerprint density at radius 2 is 1.85 bits per heavy atom. The third-order valence-electron chi connectivity index (χ3n) is 4.56. The van der Waals surface area contributed by atoms with Crippen LogP contribution >= 0.6 is 0 Å². The molecule has 1 unspecified atom stereocenters. The highest BCUT2D eigenvalue weighted by Gasteiger charge is 2.36. The second-order valence-electron chi connectivity index (χ2n) is 7.10. The molecule has 1 atom stereocenters. The minimum atomic E-state index is -1.10. The molecular weight excluding hydrogens is 350 g/mol. The lowest BCUT2D eigenvalue weighted by Crippen LogP contribution is -2.52. The number of amides is 2. The summed E-state index contributed by atoms with van der Waals surface area (Å²) >= 11 is 0. The van der Waals surface area contributed by atoms with Crippen molar-refractivity contribution in [3.05, 3.63) is 41.9 Å². The lowest BCUT2D eigenvalue weighted by atomic mass is 9.98. The predicted octanol–water partition coefficient (Wildman–Crippen LogP) is 0.547. The van der Waals surface area contributed by atoms with Crippen molar-refractivity contribution < 1.29 is 19.8 Å². The molecular formula is C18H23N5O4. The number of rotatable bonds is 4. The molecule has 1 aliphatic rings. The number of carbonyl (C=O) groups excluding carboxylic acids is 2. The van der Waals surface area contributed by atoms with Gasteiger partial charge in [-0.1, -0.05) is 12.1 Å². The van der Waals surface area contributed by atoms with Crippen LogP contribution < -0.4 is 10.2 Å². The van der Waals surface area contributed by atoms with Gasteiger partial charge >= 0.3 is 0 Å². The molecule has 3 rings (SSSR count). The van der Waals surface area contributed by atoms with Crippen molar-refractivity contribution >= 4 is 23.3 Å². The number of hydrogen-bond acceptors (Lipinski definition) is 6. The van der Waals surface area contributed by atoms with E-state index in [1.807, 2.05) is 0 Å². The standard InChI is InChI=1S/C18H23N5O4/c1-18(2,27)11-5-7-12(8-6-11)20-13(24)9-23-10-19-15-14(23)16(25)22(4)17(26)21(15)3/h5-8,10,17,26-27H,9H2,1-4H3,(H,20,24). The first kappa shape index (κ1) is 18.9. The van der Waals surface area contributed by atoms with Crippen LogP contribution in [0.4, 0.5) is 11.5 Å². The van der Waals surface area contributed by atoms with E-state index in [1.54, 1.807) is 45.2 Å². The Balaban J connectivity index is 1.75. The summed E-state index contributed by atoms with van der Waals surface area (Å²) in [6.45, 7) is 3.27. The second-order valence-corrected chi connectivity index (χ2v) is 7.10. The third-order valence-corrected chi connectivity index (χ3v) is 4.56. The maximum atomic E-state index is 12.4. The summed E-state index contributed by atoms with van der Waals surface area (Å²) in [4.78, 5) is 31.6. The molecule has 0 saturated heterocycles. The summed E-state index contributed by atoms with van der Waals surface area (Å²) in [6, 6.07) is 6.89. The number of hydrogen-bond donors (Lipinski definition) is 3. The maximum Gasteiger partial charge on any atom is 0.277 e. The molecule has 0 radical (unpaired) electrons. The van der Waals surface area contributed by atoms with Gasteiger partial charge in [0.15, 0.2) is 11.5 Å². The molecule has 2 heterocycles. The van der Waals surface area contributed by atoms with Gasteiger partial charge in [-0.3, -0.25) is 14.5 Å². The van der Waals surface area contributed by atoms with Gasteiger partial charge in [0.25, 0.3) is 5.91 Å². The molecule has 0 fully saturated rings. The van der Waals surface area contributed by atoms with Gasteiger partial charge in [0.1, 0.15) is 6.54 Å². The van der Waals surface area contributed by atoms with Crippen LogP contribution in [0, 0.1) is 0 Å². The van der Waals surface area contributed by atoms with E-state index in [2.05, 4.69) is 10.3 Å². The largest absolute Gasteiger partial charge is 0.386 e. The highest BCUT2D eigenvalue weighted by molar-refractivity contribution is 6.00. The fourth-order valence-corrected chi connectivity index (χ4v) is 2.93. The van der Waals surface area contributed by atoms with E-state index in [4.69, 9.17) is 0 Å². The van der Waals surface area contributed by atoms with Gasteiger partial charge in [0.05, 0.1) is 11.9 Å². The second kappa shape index (κ2) is 6.67. The first-order valence-corrected chi connectivity index (χ1v) is 8.45. The predicted molar refractivity (Wildman–Crippen MR) is 99.0 cm³/mol. The monoisotopic (exact) mass is 373 g/mol. The summed E-state index contributed by atoms with van der Waals surface area (Å²) in [5, 5.41) is 22.7. The zero-order chi connectivity index (χ0) is 19.9. The fourth-order valence-electron chi connectivity index (χ4n) is 2.93. The first-order valence-electron chi connectivity index (χ1n) is 8.45. The minimum Gasteiger partial charge on any atom is -0.386 e. The van der Waals surface area contributed by atoms with E-state index in [1.165, 1.54) is 27.7 Å². The molecule has 0 bridgehead atoms. The first-order chi connectivity index (χ1) is 12.6. The normalized spacial score (nSPS) is 17.1. The van der Waals surface area contributed by atoms with E-state index in [0.29, 0.717) is 11.5 Å². The molecule has 0 saturated carbocycles. The lowest BCUT2D eigenvalue weighted by Gasteiger charge is -2.36. The van der Waals surface area contributed by atoms with E-state index in [-0.39, 0.29) is 18.1 Å². The zero-order valence-electron chi connectivity index (χ0n) is 15.7. The van der Waals surface area contributed by atoms with Crippen LogP contribution in [0.1, 0.15) is 29.9 Å². The molecule has 9 nitrogen and oxygen atoms in total. The molecule has 1 aromatic carbocycles. The Bertz CT molecular complexity index is 869. The number of anilines is 2. The molecule has 1 aliphatic heterocycles. The van der Waals surface area contributed by atoms with Crippen LogP contribution in [0.5, 0.6) is 0 Å². The number of aliphatic hydroxyl groups excluding tert-OH is 1. The Kier molecular flexibility index (Phi) is 4.66. The van der Waals surface area contributed by atoms with Gasteiger partial charge in [0.2, 0.25) is 12.3 Å². The van der Waals surface area contributed by atoms with Crippen molar-refractivity contribution in [1.82, 2.24) is 14.5 Å². The van der Waals surface area contributed by atoms with Crippen molar-refractivity contribution in [2.45, 2.75) is 32.3 Å². The smallest absolute Gasteiger partial charge is 0.277 e. The van der Waals surface area contributed by atoms with Gasteiger partial charge in [0, 0.05) is 19.8 Å². The average molecular weight is 373 g/mol. The fraction of sp³-hybridized carbons (Fsp3) is 0.389. The Morgan fingerprint density at radius 3 is 2.44 bits per heavy atom. The van der Waals surface area contributed by atoms with Crippen LogP contribution in [-0.4, -0.2) is 56.9 Å². The molecule has 1 aromatic heterocycles. The Labute approximate surface area is 156 Å². The van der Waals surface area contributed by atoms with Crippen molar-refractivity contribution in [3.8, 4) is 0 Å². The van der Waals surface area contributed by atoms with Gasteiger partial charge in [-0.25, -0.2) is 4.98 Å².